The number of rotatable bonds is 9. The molecular weight excluding hydrogens is 184 g/mol. The van der Waals surface area contributed by atoms with Crippen LogP contribution in [0, 0.1) is 0 Å². The van der Waals surface area contributed by atoms with Gasteiger partial charge in [-0.05, 0) is 7.05 Å². The van der Waals surface area contributed by atoms with E-state index in [1.807, 2.05) is 16.8 Å². The van der Waals surface area contributed by atoms with Crippen LogP contribution < -0.4 is 0 Å². The van der Waals surface area contributed by atoms with Crippen molar-refractivity contribution in [2.75, 3.05) is 59.6 Å². The number of hydrogen-bond donors (Lipinski definition) is 3. The molecule has 86 valence electrons. The Bertz CT molecular complexity index is 119. The summed E-state index contributed by atoms with van der Waals surface area (Å²) in [5.74, 6) is 0. The molecule has 0 aliphatic carbocycles. The molecule has 0 fully saturated rings. The molecule has 0 bridgehead atoms. The van der Waals surface area contributed by atoms with Crippen LogP contribution >= 0.6 is 0 Å². The Labute approximate surface area is 85.6 Å². The van der Waals surface area contributed by atoms with Crippen molar-refractivity contribution in [3.05, 3.63) is 0 Å². The maximum atomic E-state index is 8.76. The van der Waals surface area contributed by atoms with Gasteiger partial charge in [0.15, 0.2) is 0 Å². The largest absolute Gasteiger partial charge is 0.395 e. The maximum absolute atomic E-state index is 8.76. The molecule has 0 radical (unpaired) electrons. The molecular formula is C9H22N2O3. The summed E-state index contributed by atoms with van der Waals surface area (Å²) in [5.41, 5.74) is 0. The Hall–Kier alpha value is -0.200. The number of aliphatic hydroxyl groups is 3. The monoisotopic (exact) mass is 206 g/mol. The third kappa shape index (κ3) is 7.23. The van der Waals surface area contributed by atoms with Crippen LogP contribution in [0.2, 0.25) is 0 Å². The van der Waals surface area contributed by atoms with E-state index >= 15 is 0 Å². The van der Waals surface area contributed by atoms with E-state index in [1.165, 1.54) is 0 Å². The van der Waals surface area contributed by atoms with Crippen molar-refractivity contribution in [2.45, 2.75) is 0 Å². The van der Waals surface area contributed by atoms with Crippen LogP contribution in [0.25, 0.3) is 0 Å². The molecule has 0 aromatic carbocycles. The predicted octanol–water partition coefficient (Wildman–Crippen LogP) is -1.80. The van der Waals surface area contributed by atoms with Crippen molar-refractivity contribution in [3.63, 3.8) is 0 Å². The summed E-state index contributed by atoms with van der Waals surface area (Å²) in [6, 6.07) is 0. The zero-order valence-corrected chi connectivity index (χ0v) is 8.89. The summed E-state index contributed by atoms with van der Waals surface area (Å²) in [4.78, 5) is 4.01. The second kappa shape index (κ2) is 9.36. The molecule has 0 saturated heterocycles. The topological polar surface area (TPSA) is 67.2 Å². The highest BCUT2D eigenvalue weighted by molar-refractivity contribution is 4.60. The van der Waals surface area contributed by atoms with Gasteiger partial charge in [-0.1, -0.05) is 0 Å². The van der Waals surface area contributed by atoms with E-state index in [-0.39, 0.29) is 19.8 Å². The van der Waals surface area contributed by atoms with Crippen LogP contribution in [0.3, 0.4) is 0 Å². The van der Waals surface area contributed by atoms with Gasteiger partial charge in [0.25, 0.3) is 0 Å². The highest BCUT2D eigenvalue weighted by atomic mass is 16.3. The quantitative estimate of drug-likeness (QED) is 0.415. The fourth-order valence-corrected chi connectivity index (χ4v) is 1.21. The second-order valence-electron chi connectivity index (χ2n) is 3.32. The third-order valence-electron chi connectivity index (χ3n) is 2.11. The molecule has 3 N–H and O–H groups in total. The van der Waals surface area contributed by atoms with Gasteiger partial charge in [0.1, 0.15) is 0 Å². The molecule has 0 atom stereocenters. The molecule has 0 aromatic rings. The van der Waals surface area contributed by atoms with E-state index in [4.69, 9.17) is 15.3 Å². The lowest BCUT2D eigenvalue weighted by Gasteiger charge is -2.23. The Morgan fingerprint density at radius 3 is 1.64 bits per heavy atom. The lowest BCUT2D eigenvalue weighted by molar-refractivity contribution is 0.142. The van der Waals surface area contributed by atoms with Gasteiger partial charge in [0, 0.05) is 32.7 Å². The molecule has 5 heteroatoms. The fourth-order valence-electron chi connectivity index (χ4n) is 1.21. The summed E-state index contributed by atoms with van der Waals surface area (Å²) < 4.78 is 0. The van der Waals surface area contributed by atoms with E-state index < -0.39 is 0 Å². The number of likely N-dealkylation sites (N-methyl/N-ethyl adjacent to an activating group) is 1. The average molecular weight is 206 g/mol. The normalized spacial score (nSPS) is 11.6. The van der Waals surface area contributed by atoms with Gasteiger partial charge in [-0.3, -0.25) is 4.90 Å². The van der Waals surface area contributed by atoms with E-state index in [2.05, 4.69) is 0 Å². The van der Waals surface area contributed by atoms with Crippen LogP contribution in [0.4, 0.5) is 0 Å². The molecule has 0 rings (SSSR count). The van der Waals surface area contributed by atoms with Crippen LogP contribution in [0.5, 0.6) is 0 Å². The van der Waals surface area contributed by atoms with Crippen molar-refractivity contribution in [2.24, 2.45) is 0 Å². The van der Waals surface area contributed by atoms with Gasteiger partial charge >= 0.3 is 0 Å². The number of nitrogens with zero attached hydrogens (tertiary/aromatic N) is 2. The van der Waals surface area contributed by atoms with E-state index in [0.717, 1.165) is 13.1 Å². The molecule has 0 spiro atoms. The lowest BCUT2D eigenvalue weighted by Crippen LogP contribution is -2.37. The summed E-state index contributed by atoms with van der Waals surface area (Å²) in [6.07, 6.45) is 0. The predicted molar refractivity (Wildman–Crippen MR) is 55.2 cm³/mol. The summed E-state index contributed by atoms with van der Waals surface area (Å²) in [5, 5.41) is 26.2. The molecule has 5 nitrogen and oxygen atoms in total. The van der Waals surface area contributed by atoms with Crippen LogP contribution in [-0.4, -0.2) is 84.7 Å². The molecule has 0 unspecified atom stereocenters. The average Bonchev–Trinajstić information content (AvgIpc) is 2.15. The van der Waals surface area contributed by atoms with E-state index in [0.29, 0.717) is 19.6 Å². The number of aliphatic hydroxyl groups excluding tert-OH is 3. The third-order valence-corrected chi connectivity index (χ3v) is 2.11. The van der Waals surface area contributed by atoms with Crippen molar-refractivity contribution >= 4 is 0 Å². The van der Waals surface area contributed by atoms with Gasteiger partial charge in [0.2, 0.25) is 0 Å². The first kappa shape index (κ1) is 13.8. The summed E-state index contributed by atoms with van der Waals surface area (Å²) >= 11 is 0. The molecule has 0 amide bonds. The SMILES string of the molecule is CN(CCO)CCN(CCO)CCO. The number of hydrogen-bond acceptors (Lipinski definition) is 5. The molecule has 0 aromatic heterocycles. The molecule has 0 aliphatic heterocycles. The zero-order valence-electron chi connectivity index (χ0n) is 8.89. The minimum Gasteiger partial charge on any atom is -0.395 e. The molecule has 0 aliphatic rings. The Kier molecular flexibility index (Phi) is 9.23. The smallest absolute Gasteiger partial charge is 0.0558 e. The highest BCUT2D eigenvalue weighted by Crippen LogP contribution is 1.89. The first-order valence-electron chi connectivity index (χ1n) is 4.98. The molecule has 0 saturated carbocycles. The Balaban J connectivity index is 3.57. The first-order chi connectivity index (χ1) is 6.74. The van der Waals surface area contributed by atoms with Crippen molar-refractivity contribution in [3.8, 4) is 0 Å². The zero-order chi connectivity index (χ0) is 10.8. The summed E-state index contributed by atoms with van der Waals surface area (Å²) in [7, 11) is 1.94. The summed E-state index contributed by atoms with van der Waals surface area (Å²) in [6.45, 7) is 3.87. The van der Waals surface area contributed by atoms with Crippen molar-refractivity contribution in [1.82, 2.24) is 9.80 Å². The Morgan fingerprint density at radius 2 is 1.21 bits per heavy atom. The van der Waals surface area contributed by atoms with Gasteiger partial charge in [0.05, 0.1) is 19.8 Å². The van der Waals surface area contributed by atoms with Crippen molar-refractivity contribution < 1.29 is 15.3 Å². The molecule has 14 heavy (non-hydrogen) atoms. The van der Waals surface area contributed by atoms with Crippen molar-refractivity contribution in [1.29, 1.82) is 0 Å². The fraction of sp³-hybridized carbons (Fsp3) is 1.00. The molecule has 0 heterocycles. The van der Waals surface area contributed by atoms with Gasteiger partial charge < -0.3 is 20.2 Å². The van der Waals surface area contributed by atoms with Gasteiger partial charge in [-0.2, -0.15) is 0 Å². The minimum absolute atomic E-state index is 0.115. The Morgan fingerprint density at radius 1 is 0.714 bits per heavy atom. The second-order valence-corrected chi connectivity index (χ2v) is 3.32. The first-order valence-corrected chi connectivity index (χ1v) is 4.98. The van der Waals surface area contributed by atoms with E-state index in [1.54, 1.807) is 0 Å². The van der Waals surface area contributed by atoms with Gasteiger partial charge in [-0.15, -0.1) is 0 Å². The highest BCUT2D eigenvalue weighted by Gasteiger charge is 2.04. The standard InChI is InChI=1S/C9H22N2O3/c1-10(4-7-12)2-3-11(5-8-13)6-9-14/h12-14H,2-9H2,1H3. The van der Waals surface area contributed by atoms with E-state index in [9.17, 15) is 0 Å². The van der Waals surface area contributed by atoms with Gasteiger partial charge in [-0.25, -0.2) is 0 Å². The van der Waals surface area contributed by atoms with Crippen LogP contribution in [0.1, 0.15) is 0 Å². The minimum atomic E-state index is 0.115. The van der Waals surface area contributed by atoms with Crippen LogP contribution in [0.15, 0.2) is 0 Å². The maximum Gasteiger partial charge on any atom is 0.0558 e. The lowest BCUT2D eigenvalue weighted by atomic mass is 10.4. The van der Waals surface area contributed by atoms with Crippen LogP contribution in [-0.2, 0) is 0 Å².